The molecule has 0 fully saturated rings. The topological polar surface area (TPSA) is 37.8 Å². The molecule has 0 amide bonds. The molecule has 0 aliphatic rings. The Morgan fingerprint density at radius 1 is 1.19 bits per heavy atom. The first-order valence-corrected chi connectivity index (χ1v) is 8.46. The van der Waals surface area contributed by atoms with E-state index in [4.69, 9.17) is 0 Å². The van der Waals surface area contributed by atoms with Gasteiger partial charge in [-0.05, 0) is 30.9 Å². The Bertz CT molecular complexity index is 623. The van der Waals surface area contributed by atoms with Gasteiger partial charge in [-0.2, -0.15) is 0 Å². The molecule has 1 N–H and O–H groups in total. The fourth-order valence-corrected chi connectivity index (χ4v) is 2.86. The Morgan fingerprint density at radius 2 is 2.00 bits per heavy atom. The summed E-state index contributed by atoms with van der Waals surface area (Å²) >= 11 is 2.49. The molecule has 1 aromatic carbocycles. The minimum Gasteiger partial charge on any atom is -0.370 e. The lowest BCUT2D eigenvalue weighted by Crippen LogP contribution is -2.03. The van der Waals surface area contributed by atoms with E-state index in [0.717, 1.165) is 36.9 Å². The van der Waals surface area contributed by atoms with Crippen molar-refractivity contribution in [2.24, 2.45) is 0 Å². The van der Waals surface area contributed by atoms with E-state index in [-0.39, 0.29) is 4.90 Å². The molecule has 3 nitrogen and oxygen atoms in total. The van der Waals surface area contributed by atoms with Gasteiger partial charge in [0, 0.05) is 12.6 Å². The van der Waals surface area contributed by atoms with Gasteiger partial charge in [0.15, 0.2) is 5.16 Å². The molecule has 0 bridgehead atoms. The number of hydrogen-bond donors (Lipinski definition) is 1. The molecule has 7 heteroatoms. The van der Waals surface area contributed by atoms with Crippen LogP contribution in [0.2, 0.25) is 0 Å². The maximum absolute atomic E-state index is 13.7. The molecular weight excluding hydrogens is 312 g/mol. The Balaban J connectivity index is 2.27. The SMILES string of the molecule is CCCNc1cc(Sc2cc(F)ccc2F)nc(SC)n1. The molecule has 0 spiro atoms. The smallest absolute Gasteiger partial charge is 0.190 e. The largest absolute Gasteiger partial charge is 0.370 e. The van der Waals surface area contributed by atoms with Gasteiger partial charge in [0.05, 0.1) is 4.90 Å². The van der Waals surface area contributed by atoms with Crippen LogP contribution >= 0.6 is 23.5 Å². The van der Waals surface area contributed by atoms with Crippen LogP contribution in [0.4, 0.5) is 14.6 Å². The Labute approximate surface area is 131 Å². The van der Waals surface area contributed by atoms with E-state index in [2.05, 4.69) is 22.2 Å². The molecule has 0 radical (unpaired) electrons. The zero-order valence-electron chi connectivity index (χ0n) is 11.7. The summed E-state index contributed by atoms with van der Waals surface area (Å²) in [6.45, 7) is 2.85. The molecule has 0 atom stereocenters. The summed E-state index contributed by atoms with van der Waals surface area (Å²) < 4.78 is 26.9. The fourth-order valence-electron chi connectivity index (χ4n) is 1.56. The summed E-state index contributed by atoms with van der Waals surface area (Å²) in [4.78, 5) is 8.85. The third-order valence-electron chi connectivity index (χ3n) is 2.53. The van der Waals surface area contributed by atoms with Gasteiger partial charge in [-0.1, -0.05) is 30.4 Å². The molecule has 112 valence electrons. The summed E-state index contributed by atoms with van der Waals surface area (Å²) in [5.74, 6) is -0.244. The third-order valence-corrected chi connectivity index (χ3v) is 4.03. The summed E-state index contributed by atoms with van der Waals surface area (Å²) in [5.41, 5.74) is 0. The molecule has 21 heavy (non-hydrogen) atoms. The average molecular weight is 327 g/mol. The first kappa shape index (κ1) is 16.0. The normalized spacial score (nSPS) is 10.7. The van der Waals surface area contributed by atoms with Gasteiger partial charge in [0.25, 0.3) is 0 Å². The predicted octanol–water partition coefficient (Wildman–Crippen LogP) is 4.45. The maximum Gasteiger partial charge on any atom is 0.190 e. The number of nitrogens with zero attached hydrogens (tertiary/aromatic N) is 2. The molecule has 1 heterocycles. The van der Waals surface area contributed by atoms with Crippen molar-refractivity contribution in [3.05, 3.63) is 35.9 Å². The van der Waals surface area contributed by atoms with E-state index < -0.39 is 11.6 Å². The number of thioether (sulfide) groups is 1. The van der Waals surface area contributed by atoms with Crippen LogP contribution in [-0.2, 0) is 0 Å². The van der Waals surface area contributed by atoms with Crippen LogP contribution in [0.15, 0.2) is 39.3 Å². The first-order valence-electron chi connectivity index (χ1n) is 6.42. The van der Waals surface area contributed by atoms with Crippen LogP contribution in [0.25, 0.3) is 0 Å². The van der Waals surface area contributed by atoms with E-state index >= 15 is 0 Å². The van der Waals surface area contributed by atoms with Crippen LogP contribution in [0, 0.1) is 11.6 Å². The highest BCUT2D eigenvalue weighted by atomic mass is 32.2. The van der Waals surface area contributed by atoms with Gasteiger partial charge in [0.1, 0.15) is 22.5 Å². The van der Waals surface area contributed by atoms with Crippen molar-refractivity contribution in [3.8, 4) is 0 Å². The molecule has 1 aromatic heterocycles. The first-order chi connectivity index (χ1) is 10.1. The van der Waals surface area contributed by atoms with E-state index in [1.54, 1.807) is 6.07 Å². The highest BCUT2D eigenvalue weighted by Crippen LogP contribution is 2.31. The number of rotatable bonds is 6. The molecular formula is C14H15F2N3S2. The van der Waals surface area contributed by atoms with E-state index in [0.29, 0.717) is 16.0 Å². The van der Waals surface area contributed by atoms with Crippen LogP contribution in [0.5, 0.6) is 0 Å². The standard InChI is InChI=1S/C14H15F2N3S2/c1-3-6-17-12-8-13(19-14(18-12)20-2)21-11-7-9(15)4-5-10(11)16/h4-5,7-8H,3,6H2,1-2H3,(H,17,18,19). The number of anilines is 1. The molecule has 2 rings (SSSR count). The monoisotopic (exact) mass is 327 g/mol. The van der Waals surface area contributed by atoms with Crippen LogP contribution in [0.1, 0.15) is 13.3 Å². The van der Waals surface area contributed by atoms with Crippen LogP contribution < -0.4 is 5.32 Å². The zero-order chi connectivity index (χ0) is 15.2. The Morgan fingerprint density at radius 3 is 2.71 bits per heavy atom. The summed E-state index contributed by atoms with van der Waals surface area (Å²) in [5, 5.41) is 4.35. The van der Waals surface area contributed by atoms with Crippen molar-refractivity contribution < 1.29 is 8.78 Å². The number of halogens is 2. The second-order valence-electron chi connectivity index (χ2n) is 4.18. The fraction of sp³-hybridized carbons (Fsp3) is 0.286. The number of benzene rings is 1. The second-order valence-corrected chi connectivity index (χ2v) is 6.02. The third kappa shape index (κ3) is 4.57. The van der Waals surface area contributed by atoms with Crippen molar-refractivity contribution in [2.75, 3.05) is 18.1 Å². The van der Waals surface area contributed by atoms with Gasteiger partial charge in [-0.15, -0.1) is 0 Å². The molecule has 0 saturated carbocycles. The predicted molar refractivity (Wildman–Crippen MR) is 83.1 cm³/mol. The quantitative estimate of drug-likeness (QED) is 0.482. The minimum atomic E-state index is -0.470. The van der Waals surface area contributed by atoms with Crippen molar-refractivity contribution in [2.45, 2.75) is 28.4 Å². The molecule has 0 saturated heterocycles. The minimum absolute atomic E-state index is 0.210. The van der Waals surface area contributed by atoms with Crippen molar-refractivity contribution in [3.63, 3.8) is 0 Å². The van der Waals surface area contributed by atoms with Gasteiger partial charge in [-0.25, -0.2) is 18.7 Å². The summed E-state index contributed by atoms with van der Waals surface area (Å²) in [6.07, 6.45) is 2.84. The highest BCUT2D eigenvalue weighted by Gasteiger charge is 2.10. The molecule has 2 aromatic rings. The summed E-state index contributed by atoms with van der Waals surface area (Å²) in [7, 11) is 0. The second kappa shape index (κ2) is 7.61. The molecule has 0 unspecified atom stereocenters. The average Bonchev–Trinajstić information content (AvgIpc) is 2.48. The van der Waals surface area contributed by atoms with E-state index in [1.165, 1.54) is 17.8 Å². The lowest BCUT2D eigenvalue weighted by Gasteiger charge is -2.08. The van der Waals surface area contributed by atoms with Crippen molar-refractivity contribution >= 4 is 29.3 Å². The molecule has 0 aliphatic heterocycles. The van der Waals surface area contributed by atoms with E-state index in [9.17, 15) is 8.78 Å². The van der Waals surface area contributed by atoms with Gasteiger partial charge < -0.3 is 5.32 Å². The highest BCUT2D eigenvalue weighted by molar-refractivity contribution is 7.99. The summed E-state index contributed by atoms with van der Waals surface area (Å²) in [6, 6.07) is 5.12. The number of aromatic nitrogens is 2. The lowest BCUT2D eigenvalue weighted by molar-refractivity contribution is 0.577. The van der Waals surface area contributed by atoms with Gasteiger partial charge in [-0.3, -0.25) is 0 Å². The van der Waals surface area contributed by atoms with Gasteiger partial charge >= 0.3 is 0 Å². The zero-order valence-corrected chi connectivity index (χ0v) is 13.3. The van der Waals surface area contributed by atoms with Gasteiger partial charge in [0.2, 0.25) is 0 Å². The molecule has 0 aliphatic carbocycles. The Hall–Kier alpha value is -1.34. The lowest BCUT2D eigenvalue weighted by atomic mass is 10.3. The Kier molecular flexibility index (Phi) is 5.81. The van der Waals surface area contributed by atoms with E-state index in [1.807, 2.05) is 6.26 Å². The van der Waals surface area contributed by atoms with Crippen LogP contribution in [-0.4, -0.2) is 22.8 Å². The van der Waals surface area contributed by atoms with Crippen LogP contribution in [0.3, 0.4) is 0 Å². The number of hydrogen-bond acceptors (Lipinski definition) is 5. The van der Waals surface area contributed by atoms with Crippen molar-refractivity contribution in [1.29, 1.82) is 0 Å². The number of nitrogens with one attached hydrogen (secondary N) is 1. The maximum atomic E-state index is 13.7. The van der Waals surface area contributed by atoms with Crippen molar-refractivity contribution in [1.82, 2.24) is 9.97 Å².